The maximum Gasteiger partial charge on any atom is 0.127 e. The number of nitrogens with two attached hydrogens (primary N) is 2. The molecule has 0 fully saturated rings. The lowest BCUT2D eigenvalue weighted by atomic mass is 10.2. The van der Waals surface area contributed by atoms with Gasteiger partial charge in [-0.1, -0.05) is 11.1 Å². The van der Waals surface area contributed by atoms with Crippen LogP contribution in [0, 0.1) is 0 Å². The van der Waals surface area contributed by atoms with Gasteiger partial charge >= 0.3 is 0 Å². The van der Waals surface area contributed by atoms with Crippen LogP contribution in [0.15, 0.2) is 41.9 Å². The van der Waals surface area contributed by atoms with Crippen molar-refractivity contribution < 1.29 is 18.2 Å². The first-order valence-electron chi connectivity index (χ1n) is 6.38. The Balaban J connectivity index is 2.74. The molecule has 1 aromatic rings. The number of hydrogen-bond acceptors (Lipinski definition) is 7. The summed E-state index contributed by atoms with van der Waals surface area (Å²) in [5.41, 5.74) is 12.4. The Morgan fingerprint density at radius 3 is 2.68 bits per heavy atom. The van der Waals surface area contributed by atoms with Gasteiger partial charge in [-0.25, -0.2) is 0 Å². The van der Waals surface area contributed by atoms with Crippen molar-refractivity contribution in [2.45, 2.75) is 6.54 Å². The molecule has 1 atom stereocenters. The largest absolute Gasteiger partial charge is 0.772 e. The highest BCUT2D eigenvalue weighted by Crippen LogP contribution is 2.24. The van der Waals surface area contributed by atoms with E-state index in [9.17, 15) is 8.76 Å². The third-order valence-electron chi connectivity index (χ3n) is 2.82. The summed E-state index contributed by atoms with van der Waals surface area (Å²) in [4.78, 5) is 0. The van der Waals surface area contributed by atoms with Crippen molar-refractivity contribution in [3.8, 4) is 11.5 Å². The van der Waals surface area contributed by atoms with Gasteiger partial charge in [0.05, 0.1) is 20.0 Å². The van der Waals surface area contributed by atoms with Gasteiger partial charge in [-0.15, -0.1) is 0 Å². The molecule has 1 rings (SSSR count). The molecule has 1 unspecified atom stereocenters. The van der Waals surface area contributed by atoms with Crippen LogP contribution in [0.3, 0.4) is 0 Å². The minimum absolute atomic E-state index is 0.190. The van der Waals surface area contributed by atoms with Gasteiger partial charge in [0.25, 0.3) is 0 Å². The Morgan fingerprint density at radius 1 is 1.41 bits per heavy atom. The average molecular weight is 326 g/mol. The van der Waals surface area contributed by atoms with E-state index in [0.29, 0.717) is 29.4 Å². The maximum atomic E-state index is 10.7. The predicted molar refractivity (Wildman–Crippen MR) is 84.7 cm³/mol. The Morgan fingerprint density at radius 2 is 2.14 bits per heavy atom. The molecule has 1 aromatic carbocycles. The number of allylic oxidation sites excluding steroid dienone is 1. The van der Waals surface area contributed by atoms with E-state index in [2.05, 4.69) is 5.32 Å². The van der Waals surface area contributed by atoms with Crippen LogP contribution in [0.1, 0.15) is 5.56 Å². The van der Waals surface area contributed by atoms with Gasteiger partial charge in [0.15, 0.2) is 0 Å². The van der Waals surface area contributed by atoms with Crippen LogP contribution in [0.2, 0.25) is 0 Å². The quantitative estimate of drug-likeness (QED) is 0.464. The van der Waals surface area contributed by atoms with E-state index < -0.39 is 11.1 Å². The zero-order valence-electron chi connectivity index (χ0n) is 12.5. The molecule has 0 aromatic heterocycles. The smallest absolute Gasteiger partial charge is 0.127 e. The van der Waals surface area contributed by atoms with Gasteiger partial charge in [-0.05, 0) is 30.0 Å². The van der Waals surface area contributed by atoms with Crippen molar-refractivity contribution in [1.29, 1.82) is 0 Å². The van der Waals surface area contributed by atoms with Gasteiger partial charge in [-0.2, -0.15) is 0 Å². The van der Waals surface area contributed by atoms with E-state index in [1.54, 1.807) is 20.3 Å². The van der Waals surface area contributed by atoms with Crippen molar-refractivity contribution in [1.82, 2.24) is 5.32 Å². The third kappa shape index (κ3) is 5.66. The molecule has 7 nitrogen and oxygen atoms in total. The van der Waals surface area contributed by atoms with E-state index in [1.165, 1.54) is 12.3 Å². The molecule has 0 saturated carbocycles. The Kier molecular flexibility index (Phi) is 7.27. The molecule has 0 heterocycles. The first-order valence-corrected chi connectivity index (χ1v) is 7.63. The fourth-order valence-corrected chi connectivity index (χ4v) is 2.17. The fourth-order valence-electron chi connectivity index (χ4n) is 1.72. The van der Waals surface area contributed by atoms with E-state index in [-0.39, 0.29) is 5.75 Å². The summed E-state index contributed by atoms with van der Waals surface area (Å²) in [6.07, 6.45) is 2.68. The molecule has 8 heteroatoms. The number of benzene rings is 1. The van der Waals surface area contributed by atoms with E-state index >= 15 is 0 Å². The van der Waals surface area contributed by atoms with Crippen molar-refractivity contribution in [2.75, 3.05) is 20.0 Å². The molecule has 0 aliphatic heterocycles. The fraction of sp³-hybridized carbons (Fsp3) is 0.286. The summed E-state index contributed by atoms with van der Waals surface area (Å²) in [5.74, 6) is 1.47. The van der Waals surface area contributed by atoms with E-state index in [0.717, 1.165) is 5.56 Å². The summed E-state index contributed by atoms with van der Waals surface area (Å²) < 4.78 is 31.7. The molecule has 0 radical (unpaired) electrons. The lowest BCUT2D eigenvalue weighted by Crippen LogP contribution is -2.20. The molecular formula is C14H20N3O4S-. The predicted octanol–water partition coefficient (Wildman–Crippen LogP) is 0.315. The lowest BCUT2D eigenvalue weighted by molar-refractivity contribution is 0.390. The second-order valence-corrected chi connectivity index (χ2v) is 5.22. The molecule has 0 aliphatic carbocycles. The first kappa shape index (κ1) is 17.9. The highest BCUT2D eigenvalue weighted by Gasteiger charge is 2.05. The zero-order valence-corrected chi connectivity index (χ0v) is 13.3. The second-order valence-electron chi connectivity index (χ2n) is 4.32. The van der Waals surface area contributed by atoms with Crippen molar-refractivity contribution >= 4 is 11.1 Å². The number of ether oxygens (including phenoxy) is 2. The number of nitrogens with one attached hydrogen (secondary N) is 1. The summed E-state index contributed by atoms with van der Waals surface area (Å²) in [6, 6.07) is 5.43. The minimum Gasteiger partial charge on any atom is -0.772 e. The average Bonchev–Trinajstić information content (AvgIpc) is 2.51. The van der Waals surface area contributed by atoms with Gasteiger partial charge in [0, 0.05) is 23.9 Å². The van der Waals surface area contributed by atoms with Gasteiger partial charge < -0.3 is 30.8 Å². The summed E-state index contributed by atoms with van der Waals surface area (Å²) >= 11 is -2.22. The topological polar surface area (TPSA) is 123 Å². The van der Waals surface area contributed by atoms with Crippen molar-refractivity contribution in [3.63, 3.8) is 0 Å². The van der Waals surface area contributed by atoms with Crippen LogP contribution in [-0.4, -0.2) is 28.7 Å². The van der Waals surface area contributed by atoms with E-state index in [1.807, 2.05) is 12.1 Å². The summed E-state index contributed by atoms with van der Waals surface area (Å²) in [7, 11) is 3.14. The molecule has 22 heavy (non-hydrogen) atoms. The summed E-state index contributed by atoms with van der Waals surface area (Å²) in [5, 5.41) is 2.97. The first-order chi connectivity index (χ1) is 10.5. The Labute approximate surface area is 132 Å². The van der Waals surface area contributed by atoms with Crippen LogP contribution >= 0.6 is 0 Å². The van der Waals surface area contributed by atoms with Crippen molar-refractivity contribution in [3.05, 3.63) is 47.4 Å². The van der Waals surface area contributed by atoms with Gasteiger partial charge in [-0.3, -0.25) is 4.21 Å². The van der Waals surface area contributed by atoms with Crippen LogP contribution in [-0.2, 0) is 17.6 Å². The molecule has 0 saturated heterocycles. The second kappa shape index (κ2) is 8.96. The minimum atomic E-state index is -2.22. The standard InChI is InChI=1S/C14H21N3O4S/c1-20-12-4-3-11(13(6-12)21-2)8-17-14(16)5-10(7-15)9-22(18)19/h3-7,17H,8-9,15-16H2,1-2H3,(H,18,19)/p-1/b10-7+,14-5+. The highest BCUT2D eigenvalue weighted by atomic mass is 32.2. The zero-order chi connectivity index (χ0) is 16.5. The lowest BCUT2D eigenvalue weighted by Gasteiger charge is -2.13. The molecule has 0 aliphatic rings. The van der Waals surface area contributed by atoms with Crippen LogP contribution in [0.5, 0.6) is 11.5 Å². The van der Waals surface area contributed by atoms with Crippen LogP contribution < -0.4 is 26.3 Å². The monoisotopic (exact) mass is 326 g/mol. The number of methoxy groups -OCH3 is 2. The van der Waals surface area contributed by atoms with Gasteiger partial charge in [0.2, 0.25) is 0 Å². The van der Waals surface area contributed by atoms with E-state index in [4.69, 9.17) is 20.9 Å². The molecule has 0 bridgehead atoms. The molecule has 0 spiro atoms. The SMILES string of the molecule is COc1ccc(CN/C(N)=C/C(=C\N)CS(=O)[O-])c(OC)c1. The van der Waals surface area contributed by atoms with Crippen molar-refractivity contribution in [2.24, 2.45) is 11.5 Å². The van der Waals surface area contributed by atoms with Crippen LogP contribution in [0.4, 0.5) is 0 Å². The molecule has 5 N–H and O–H groups in total. The normalized spacial score (nSPS) is 13.6. The number of hydrogen-bond donors (Lipinski definition) is 3. The maximum absolute atomic E-state index is 10.7. The Bertz CT molecular complexity index is 587. The molecule has 0 amide bonds. The summed E-state index contributed by atoms with van der Waals surface area (Å²) in [6.45, 7) is 0.411. The third-order valence-corrected chi connectivity index (χ3v) is 3.39. The number of rotatable bonds is 8. The van der Waals surface area contributed by atoms with Crippen LogP contribution in [0.25, 0.3) is 0 Å². The molecule has 122 valence electrons. The van der Waals surface area contributed by atoms with Gasteiger partial charge in [0.1, 0.15) is 11.5 Å². The molecular weight excluding hydrogens is 306 g/mol. The highest BCUT2D eigenvalue weighted by molar-refractivity contribution is 7.79. The Hall–Kier alpha value is -2.19.